The molecule has 0 unspecified atom stereocenters. The van der Waals surface area contributed by atoms with Gasteiger partial charge >= 0.3 is 0 Å². The Morgan fingerprint density at radius 1 is 1.50 bits per heavy atom. The third kappa shape index (κ3) is 1.40. The summed E-state index contributed by atoms with van der Waals surface area (Å²) in [5.41, 5.74) is 2.12. The summed E-state index contributed by atoms with van der Waals surface area (Å²) in [4.78, 5) is 0. The van der Waals surface area contributed by atoms with Crippen molar-refractivity contribution in [2.24, 2.45) is 0 Å². The molecule has 1 rings (SSSR count). The van der Waals surface area contributed by atoms with E-state index in [2.05, 4.69) is 21.9 Å². The van der Waals surface area contributed by atoms with Gasteiger partial charge in [-0.1, -0.05) is 27.9 Å². The number of halogens is 1. The van der Waals surface area contributed by atoms with Crippen LogP contribution in [0.3, 0.4) is 0 Å². The first-order valence-electron chi connectivity index (χ1n) is 2.97. The second-order valence-electron chi connectivity index (χ2n) is 2.11. The van der Waals surface area contributed by atoms with Crippen molar-refractivity contribution in [2.75, 3.05) is 0 Å². The van der Waals surface area contributed by atoms with Gasteiger partial charge in [0.05, 0.1) is 0 Å². The Morgan fingerprint density at radius 3 is 2.70 bits per heavy atom. The molecule has 0 aliphatic carbocycles. The number of benzene rings is 1. The summed E-state index contributed by atoms with van der Waals surface area (Å²) < 4.78 is 1.07. The maximum Gasteiger partial charge on any atom is 0.0254 e. The van der Waals surface area contributed by atoms with Crippen LogP contribution in [0.4, 0.5) is 0 Å². The zero-order chi connectivity index (χ0) is 7.56. The fourth-order valence-corrected chi connectivity index (χ4v) is 1.06. The molecule has 0 radical (unpaired) electrons. The highest BCUT2D eigenvalue weighted by Crippen LogP contribution is 2.16. The Balaban J connectivity index is 3.20. The molecule has 0 fully saturated rings. The molecule has 1 aromatic rings. The molecule has 10 heavy (non-hydrogen) atoms. The van der Waals surface area contributed by atoms with E-state index in [-0.39, 0.29) is 0 Å². The van der Waals surface area contributed by atoms with Gasteiger partial charge in [-0.05, 0) is 24.6 Å². The van der Waals surface area contributed by atoms with Gasteiger partial charge in [0.2, 0.25) is 0 Å². The van der Waals surface area contributed by atoms with E-state index in [9.17, 15) is 0 Å². The van der Waals surface area contributed by atoms with Crippen LogP contribution in [0.5, 0.6) is 0 Å². The fourth-order valence-electron chi connectivity index (χ4n) is 0.683. The van der Waals surface area contributed by atoms with Crippen molar-refractivity contribution in [3.05, 3.63) is 33.8 Å². The smallest absolute Gasteiger partial charge is 0.0254 e. The van der Waals surface area contributed by atoms with Crippen LogP contribution in [-0.4, -0.2) is 0 Å². The molecule has 0 aromatic heterocycles. The van der Waals surface area contributed by atoms with Gasteiger partial charge in [-0.3, -0.25) is 0 Å². The molecule has 1 aromatic carbocycles. The summed E-state index contributed by atoms with van der Waals surface area (Å²) >= 11 is 3.39. The number of rotatable bonds is 0. The normalized spacial score (nSPS) is 8.90. The standard InChI is InChI=1S/C9H7Br/c1-3-8-5-4-7(2)9(10)6-8/h1,4-6H,2H3. The van der Waals surface area contributed by atoms with Crippen LogP contribution >= 0.6 is 15.9 Å². The third-order valence-electron chi connectivity index (χ3n) is 1.34. The third-order valence-corrected chi connectivity index (χ3v) is 2.19. The van der Waals surface area contributed by atoms with Gasteiger partial charge in [0.25, 0.3) is 0 Å². The summed E-state index contributed by atoms with van der Waals surface area (Å²) in [6, 6.07) is 5.87. The summed E-state index contributed by atoms with van der Waals surface area (Å²) in [6.07, 6.45) is 5.20. The van der Waals surface area contributed by atoms with E-state index >= 15 is 0 Å². The topological polar surface area (TPSA) is 0 Å². The molecule has 0 bridgehead atoms. The van der Waals surface area contributed by atoms with Crippen molar-refractivity contribution >= 4 is 15.9 Å². The van der Waals surface area contributed by atoms with E-state index in [0.29, 0.717) is 0 Å². The lowest BCUT2D eigenvalue weighted by molar-refractivity contribution is 1.42. The molecule has 1 heteroatoms. The quantitative estimate of drug-likeness (QED) is 0.558. The average Bonchev–Trinajstić information content (AvgIpc) is 1.95. The lowest BCUT2D eigenvalue weighted by Gasteiger charge is -1.96. The molecule has 0 atom stereocenters. The average molecular weight is 195 g/mol. The summed E-state index contributed by atoms with van der Waals surface area (Å²) in [7, 11) is 0. The number of hydrogen-bond acceptors (Lipinski definition) is 0. The first-order valence-corrected chi connectivity index (χ1v) is 3.76. The molecule has 0 saturated carbocycles. The highest BCUT2D eigenvalue weighted by Gasteiger charge is 1.92. The van der Waals surface area contributed by atoms with Crippen molar-refractivity contribution in [1.82, 2.24) is 0 Å². The molecule has 0 spiro atoms. The largest absolute Gasteiger partial charge is 0.115 e. The first kappa shape index (κ1) is 7.37. The molecule has 0 heterocycles. The van der Waals surface area contributed by atoms with E-state index in [0.717, 1.165) is 10.0 Å². The van der Waals surface area contributed by atoms with Crippen molar-refractivity contribution in [2.45, 2.75) is 6.92 Å². The zero-order valence-corrected chi connectivity index (χ0v) is 7.27. The Morgan fingerprint density at radius 2 is 2.20 bits per heavy atom. The van der Waals surface area contributed by atoms with Crippen LogP contribution in [0.15, 0.2) is 22.7 Å². The van der Waals surface area contributed by atoms with Crippen LogP contribution in [-0.2, 0) is 0 Å². The lowest BCUT2D eigenvalue weighted by atomic mass is 10.2. The maximum atomic E-state index is 5.20. The van der Waals surface area contributed by atoms with Crippen LogP contribution in [0.1, 0.15) is 11.1 Å². The molecule has 0 nitrogen and oxygen atoms in total. The van der Waals surface area contributed by atoms with Crippen LogP contribution < -0.4 is 0 Å². The van der Waals surface area contributed by atoms with Crippen LogP contribution in [0, 0.1) is 19.3 Å². The van der Waals surface area contributed by atoms with Gasteiger partial charge in [0.1, 0.15) is 0 Å². The molecule has 50 valence electrons. The minimum Gasteiger partial charge on any atom is -0.115 e. The van der Waals surface area contributed by atoms with E-state index in [1.165, 1.54) is 5.56 Å². The number of aryl methyl sites for hydroxylation is 1. The minimum absolute atomic E-state index is 0.914. The molecule has 0 amide bonds. The monoisotopic (exact) mass is 194 g/mol. The molecule has 0 aliphatic heterocycles. The van der Waals surface area contributed by atoms with E-state index in [1.807, 2.05) is 25.1 Å². The predicted octanol–water partition coefficient (Wildman–Crippen LogP) is 2.74. The fraction of sp³-hybridized carbons (Fsp3) is 0.111. The maximum absolute atomic E-state index is 5.20. The van der Waals surface area contributed by atoms with Crippen LogP contribution in [0.25, 0.3) is 0 Å². The molecule has 0 N–H and O–H groups in total. The SMILES string of the molecule is C#Cc1ccc(C)c(Br)c1. The summed E-state index contributed by atoms with van der Waals surface area (Å²) in [5, 5.41) is 0. The zero-order valence-electron chi connectivity index (χ0n) is 5.69. The summed E-state index contributed by atoms with van der Waals surface area (Å²) in [5.74, 6) is 2.56. The predicted molar refractivity (Wildman–Crippen MR) is 46.8 cm³/mol. The Kier molecular flexibility index (Phi) is 2.13. The van der Waals surface area contributed by atoms with Crippen molar-refractivity contribution in [3.63, 3.8) is 0 Å². The van der Waals surface area contributed by atoms with Gasteiger partial charge in [-0.2, -0.15) is 0 Å². The second-order valence-corrected chi connectivity index (χ2v) is 2.96. The van der Waals surface area contributed by atoms with Gasteiger partial charge in [0.15, 0.2) is 0 Å². The number of terminal acetylenes is 1. The molecular formula is C9H7Br. The van der Waals surface area contributed by atoms with Gasteiger partial charge < -0.3 is 0 Å². The lowest BCUT2D eigenvalue weighted by Crippen LogP contribution is -1.77. The van der Waals surface area contributed by atoms with Gasteiger partial charge in [-0.25, -0.2) is 0 Å². The summed E-state index contributed by atoms with van der Waals surface area (Å²) in [6.45, 7) is 2.03. The van der Waals surface area contributed by atoms with Crippen molar-refractivity contribution in [1.29, 1.82) is 0 Å². The van der Waals surface area contributed by atoms with Gasteiger partial charge in [-0.15, -0.1) is 6.42 Å². The van der Waals surface area contributed by atoms with Crippen molar-refractivity contribution in [3.8, 4) is 12.3 Å². The van der Waals surface area contributed by atoms with E-state index in [1.54, 1.807) is 0 Å². The Bertz CT molecular complexity index is 281. The Labute approximate surface area is 69.4 Å². The first-order chi connectivity index (χ1) is 4.74. The highest BCUT2D eigenvalue weighted by molar-refractivity contribution is 9.10. The Hall–Kier alpha value is -0.740. The van der Waals surface area contributed by atoms with E-state index in [4.69, 9.17) is 6.42 Å². The van der Waals surface area contributed by atoms with Gasteiger partial charge in [0, 0.05) is 10.0 Å². The van der Waals surface area contributed by atoms with E-state index < -0.39 is 0 Å². The molecule has 0 aliphatic rings. The second kappa shape index (κ2) is 2.90. The molecule has 0 saturated heterocycles. The van der Waals surface area contributed by atoms with Crippen LogP contribution in [0.2, 0.25) is 0 Å². The number of hydrogen-bond donors (Lipinski definition) is 0. The van der Waals surface area contributed by atoms with Crippen molar-refractivity contribution < 1.29 is 0 Å². The molecular weight excluding hydrogens is 188 g/mol. The highest BCUT2D eigenvalue weighted by atomic mass is 79.9. The minimum atomic E-state index is 0.914.